The van der Waals surface area contributed by atoms with Crippen molar-refractivity contribution in [2.75, 3.05) is 0 Å². The lowest BCUT2D eigenvalue weighted by Gasteiger charge is -1.93. The van der Waals surface area contributed by atoms with E-state index in [4.69, 9.17) is 10.8 Å². The summed E-state index contributed by atoms with van der Waals surface area (Å²) in [5.74, 6) is 0. The van der Waals surface area contributed by atoms with E-state index in [2.05, 4.69) is 4.98 Å². The quantitative estimate of drug-likeness (QED) is 0.582. The number of nitrogens with zero attached hydrogens (tertiary/aromatic N) is 1. The SMILES string of the molecule is N=Cc1cccnc1C=N. The maximum atomic E-state index is 6.92. The molecule has 3 heteroatoms. The molecule has 1 aromatic rings. The van der Waals surface area contributed by atoms with Crippen LogP contribution in [0.3, 0.4) is 0 Å². The second-order valence-electron chi connectivity index (χ2n) is 1.77. The minimum absolute atomic E-state index is 0.539. The highest BCUT2D eigenvalue weighted by molar-refractivity contribution is 5.90. The Morgan fingerprint density at radius 1 is 1.30 bits per heavy atom. The molecule has 0 amide bonds. The van der Waals surface area contributed by atoms with Gasteiger partial charge >= 0.3 is 0 Å². The van der Waals surface area contributed by atoms with Crippen molar-refractivity contribution in [3.8, 4) is 0 Å². The van der Waals surface area contributed by atoms with E-state index in [-0.39, 0.29) is 0 Å². The van der Waals surface area contributed by atoms with Crippen LogP contribution in [0.15, 0.2) is 18.3 Å². The number of hydrogen-bond donors (Lipinski definition) is 2. The molecule has 0 bridgehead atoms. The fourth-order valence-electron chi connectivity index (χ4n) is 0.673. The fraction of sp³-hybridized carbons (Fsp3) is 0. The third-order valence-corrected chi connectivity index (χ3v) is 1.16. The maximum Gasteiger partial charge on any atom is 0.0892 e. The average molecular weight is 133 g/mol. The highest BCUT2D eigenvalue weighted by Gasteiger charge is 1.93. The summed E-state index contributed by atoms with van der Waals surface area (Å²) in [7, 11) is 0. The van der Waals surface area contributed by atoms with Gasteiger partial charge in [-0.05, 0) is 12.1 Å². The van der Waals surface area contributed by atoms with Gasteiger partial charge in [0.05, 0.1) is 5.69 Å². The predicted molar refractivity (Wildman–Crippen MR) is 40.0 cm³/mol. The fourth-order valence-corrected chi connectivity index (χ4v) is 0.673. The Balaban J connectivity index is 3.20. The standard InChI is InChI=1S/C7H7N3/c8-4-6-2-1-3-10-7(6)5-9/h1-5,8-9H. The van der Waals surface area contributed by atoms with Gasteiger partial charge in [-0.15, -0.1) is 0 Å². The Morgan fingerprint density at radius 3 is 2.60 bits per heavy atom. The van der Waals surface area contributed by atoms with Crippen molar-refractivity contribution in [3.63, 3.8) is 0 Å². The summed E-state index contributed by atoms with van der Waals surface area (Å²) in [6.45, 7) is 0. The molecule has 0 atom stereocenters. The number of nitrogens with one attached hydrogen (secondary N) is 2. The molecule has 1 rings (SSSR count). The molecule has 3 nitrogen and oxygen atoms in total. The van der Waals surface area contributed by atoms with Crippen molar-refractivity contribution in [3.05, 3.63) is 29.6 Å². The zero-order chi connectivity index (χ0) is 7.40. The monoisotopic (exact) mass is 133 g/mol. The molecule has 0 aromatic carbocycles. The second kappa shape index (κ2) is 2.87. The first-order valence-corrected chi connectivity index (χ1v) is 2.84. The third kappa shape index (κ3) is 1.07. The third-order valence-electron chi connectivity index (χ3n) is 1.16. The minimum Gasteiger partial charge on any atom is -0.308 e. The summed E-state index contributed by atoms with van der Waals surface area (Å²) in [6.07, 6.45) is 3.93. The molecule has 0 unspecified atom stereocenters. The highest BCUT2D eigenvalue weighted by Crippen LogP contribution is 1.97. The Bertz CT molecular complexity index is 228. The van der Waals surface area contributed by atoms with Crippen LogP contribution in [0.4, 0.5) is 0 Å². The molecule has 0 saturated carbocycles. The Morgan fingerprint density at radius 2 is 2.10 bits per heavy atom. The normalized spacial score (nSPS) is 8.80. The van der Waals surface area contributed by atoms with Gasteiger partial charge < -0.3 is 10.8 Å². The molecule has 50 valence electrons. The van der Waals surface area contributed by atoms with E-state index >= 15 is 0 Å². The molecule has 0 saturated heterocycles. The summed E-state index contributed by atoms with van der Waals surface area (Å²) in [6, 6.07) is 3.49. The summed E-state index contributed by atoms with van der Waals surface area (Å²) in [4.78, 5) is 3.87. The molecule has 0 spiro atoms. The first-order chi connectivity index (χ1) is 4.88. The van der Waals surface area contributed by atoms with Crippen LogP contribution in [-0.4, -0.2) is 17.4 Å². The van der Waals surface area contributed by atoms with E-state index < -0.39 is 0 Å². The van der Waals surface area contributed by atoms with E-state index in [0.29, 0.717) is 11.3 Å². The van der Waals surface area contributed by atoms with Crippen molar-refractivity contribution in [2.24, 2.45) is 0 Å². The lowest BCUT2D eigenvalue weighted by atomic mass is 10.2. The van der Waals surface area contributed by atoms with Crippen LogP contribution in [0.1, 0.15) is 11.3 Å². The van der Waals surface area contributed by atoms with Gasteiger partial charge in [-0.1, -0.05) is 0 Å². The second-order valence-corrected chi connectivity index (χ2v) is 1.77. The molecule has 0 fully saturated rings. The summed E-state index contributed by atoms with van der Waals surface area (Å²) >= 11 is 0. The molecule has 0 aliphatic heterocycles. The van der Waals surface area contributed by atoms with Crippen LogP contribution in [0.25, 0.3) is 0 Å². The highest BCUT2D eigenvalue weighted by atomic mass is 14.7. The average Bonchev–Trinajstić information content (AvgIpc) is 2.04. The lowest BCUT2D eigenvalue weighted by molar-refractivity contribution is 1.28. The zero-order valence-electron chi connectivity index (χ0n) is 5.33. The Kier molecular flexibility index (Phi) is 1.89. The van der Waals surface area contributed by atoms with Gasteiger partial charge in [0, 0.05) is 24.2 Å². The minimum atomic E-state index is 0.539. The Labute approximate surface area is 58.8 Å². The molecule has 10 heavy (non-hydrogen) atoms. The molecule has 1 aromatic heterocycles. The van der Waals surface area contributed by atoms with Crippen LogP contribution < -0.4 is 0 Å². The summed E-state index contributed by atoms with van der Waals surface area (Å²) in [5, 5.41) is 13.8. The zero-order valence-corrected chi connectivity index (χ0v) is 5.33. The molecular weight excluding hydrogens is 126 g/mol. The number of rotatable bonds is 2. The van der Waals surface area contributed by atoms with E-state index in [1.807, 2.05) is 0 Å². The van der Waals surface area contributed by atoms with E-state index in [1.54, 1.807) is 18.3 Å². The molecule has 1 heterocycles. The molecule has 2 N–H and O–H groups in total. The molecule has 0 aliphatic carbocycles. The topological polar surface area (TPSA) is 60.6 Å². The van der Waals surface area contributed by atoms with E-state index in [9.17, 15) is 0 Å². The van der Waals surface area contributed by atoms with Crippen LogP contribution in [0.2, 0.25) is 0 Å². The summed E-state index contributed by atoms with van der Waals surface area (Å²) in [5.41, 5.74) is 1.22. The largest absolute Gasteiger partial charge is 0.308 e. The lowest BCUT2D eigenvalue weighted by Crippen LogP contribution is -1.92. The van der Waals surface area contributed by atoms with Crippen molar-refractivity contribution in [1.82, 2.24) is 4.98 Å². The van der Waals surface area contributed by atoms with E-state index in [1.165, 1.54) is 6.21 Å². The van der Waals surface area contributed by atoms with Gasteiger partial charge in [-0.2, -0.15) is 0 Å². The van der Waals surface area contributed by atoms with Gasteiger partial charge in [-0.3, -0.25) is 4.98 Å². The first kappa shape index (κ1) is 6.61. The predicted octanol–water partition coefficient (Wildman–Crippen LogP) is 1.08. The summed E-state index contributed by atoms with van der Waals surface area (Å²) < 4.78 is 0. The van der Waals surface area contributed by atoms with Gasteiger partial charge in [0.1, 0.15) is 0 Å². The van der Waals surface area contributed by atoms with Gasteiger partial charge in [0.15, 0.2) is 0 Å². The molecule has 0 radical (unpaired) electrons. The van der Waals surface area contributed by atoms with Crippen LogP contribution >= 0.6 is 0 Å². The van der Waals surface area contributed by atoms with Gasteiger partial charge in [0.25, 0.3) is 0 Å². The van der Waals surface area contributed by atoms with E-state index in [0.717, 1.165) is 6.21 Å². The number of aromatic nitrogens is 1. The molecular formula is C7H7N3. The van der Waals surface area contributed by atoms with Crippen LogP contribution in [0.5, 0.6) is 0 Å². The van der Waals surface area contributed by atoms with Crippen molar-refractivity contribution >= 4 is 12.4 Å². The number of pyridine rings is 1. The van der Waals surface area contributed by atoms with Gasteiger partial charge in [-0.25, -0.2) is 0 Å². The van der Waals surface area contributed by atoms with Crippen LogP contribution in [0, 0.1) is 10.8 Å². The molecule has 0 aliphatic rings. The van der Waals surface area contributed by atoms with Gasteiger partial charge in [0.2, 0.25) is 0 Å². The maximum absolute atomic E-state index is 6.92. The van der Waals surface area contributed by atoms with Crippen molar-refractivity contribution in [1.29, 1.82) is 10.8 Å². The smallest absolute Gasteiger partial charge is 0.0892 e. The van der Waals surface area contributed by atoms with Crippen LogP contribution in [-0.2, 0) is 0 Å². The number of hydrogen-bond acceptors (Lipinski definition) is 3. The van der Waals surface area contributed by atoms with Crippen molar-refractivity contribution < 1.29 is 0 Å². The Hall–Kier alpha value is -1.51. The van der Waals surface area contributed by atoms with Crippen molar-refractivity contribution in [2.45, 2.75) is 0 Å². The first-order valence-electron chi connectivity index (χ1n) is 2.84.